The molecule has 1 aromatic carbocycles. The maximum atomic E-state index is 12.7. The molecule has 0 saturated carbocycles. The molecule has 108 valence electrons. The van der Waals surface area contributed by atoms with Crippen LogP contribution in [0.25, 0.3) is 0 Å². The van der Waals surface area contributed by atoms with Crippen LogP contribution in [-0.2, 0) is 10.0 Å². The van der Waals surface area contributed by atoms with Crippen LogP contribution in [0.1, 0.15) is 43.4 Å². The van der Waals surface area contributed by atoms with Crippen molar-refractivity contribution in [2.75, 3.05) is 13.1 Å². The standard InChI is InChI=1S/C15H25NO2S/c1-6-8-9-16(7-2)19(17,18)15-13(4)10-12(3)11-14(15)5/h10-11H,6-9H2,1-5H3. The molecule has 0 aromatic heterocycles. The Balaban J connectivity index is 3.26. The molecule has 0 N–H and O–H groups in total. The lowest BCUT2D eigenvalue weighted by Gasteiger charge is -2.23. The number of unbranched alkanes of at least 4 members (excludes halogenated alkanes) is 1. The van der Waals surface area contributed by atoms with Crippen molar-refractivity contribution in [3.8, 4) is 0 Å². The SMILES string of the molecule is CCCCN(CC)S(=O)(=O)c1c(C)cc(C)cc1C. The van der Waals surface area contributed by atoms with Gasteiger partial charge < -0.3 is 0 Å². The Kier molecular flexibility index (Phi) is 5.56. The zero-order valence-electron chi connectivity index (χ0n) is 12.7. The average Bonchev–Trinajstić information content (AvgIpc) is 2.27. The Morgan fingerprint density at radius 3 is 2.00 bits per heavy atom. The minimum atomic E-state index is -3.37. The van der Waals surface area contributed by atoms with Crippen molar-refractivity contribution in [1.82, 2.24) is 4.31 Å². The summed E-state index contributed by atoms with van der Waals surface area (Å²) in [6.07, 6.45) is 1.90. The van der Waals surface area contributed by atoms with Crippen LogP contribution in [0.4, 0.5) is 0 Å². The predicted octanol–water partition coefficient (Wildman–Crippen LogP) is 3.42. The highest BCUT2D eigenvalue weighted by molar-refractivity contribution is 7.89. The van der Waals surface area contributed by atoms with Gasteiger partial charge in [0, 0.05) is 13.1 Å². The lowest BCUT2D eigenvalue weighted by atomic mass is 10.1. The van der Waals surface area contributed by atoms with Gasteiger partial charge in [-0.3, -0.25) is 0 Å². The van der Waals surface area contributed by atoms with Crippen molar-refractivity contribution in [1.29, 1.82) is 0 Å². The van der Waals surface area contributed by atoms with Crippen LogP contribution in [0, 0.1) is 20.8 Å². The first kappa shape index (κ1) is 16.2. The van der Waals surface area contributed by atoms with Crippen LogP contribution in [0.2, 0.25) is 0 Å². The molecule has 0 aliphatic carbocycles. The van der Waals surface area contributed by atoms with Gasteiger partial charge in [0.2, 0.25) is 10.0 Å². The Bertz CT molecular complexity index is 512. The lowest BCUT2D eigenvalue weighted by molar-refractivity contribution is 0.418. The van der Waals surface area contributed by atoms with Gasteiger partial charge in [0.1, 0.15) is 0 Å². The number of hydrogen-bond donors (Lipinski definition) is 0. The molecule has 0 spiro atoms. The van der Waals surface area contributed by atoms with Crippen molar-refractivity contribution in [2.45, 2.75) is 52.4 Å². The van der Waals surface area contributed by atoms with E-state index in [0.717, 1.165) is 29.5 Å². The minimum absolute atomic E-state index is 0.482. The van der Waals surface area contributed by atoms with E-state index in [4.69, 9.17) is 0 Å². The molecule has 0 amide bonds. The van der Waals surface area contributed by atoms with Crippen molar-refractivity contribution >= 4 is 10.0 Å². The molecule has 3 nitrogen and oxygen atoms in total. The summed E-state index contributed by atoms with van der Waals surface area (Å²) in [5.41, 5.74) is 2.78. The molecule has 4 heteroatoms. The highest BCUT2D eigenvalue weighted by atomic mass is 32.2. The van der Waals surface area contributed by atoms with Crippen molar-refractivity contribution in [3.05, 3.63) is 28.8 Å². The Hall–Kier alpha value is -0.870. The van der Waals surface area contributed by atoms with Gasteiger partial charge in [-0.2, -0.15) is 4.31 Å². The largest absolute Gasteiger partial charge is 0.243 e. The smallest absolute Gasteiger partial charge is 0.207 e. The van der Waals surface area contributed by atoms with Crippen LogP contribution < -0.4 is 0 Å². The quantitative estimate of drug-likeness (QED) is 0.802. The van der Waals surface area contributed by atoms with Gasteiger partial charge in [-0.05, 0) is 38.3 Å². The number of rotatable bonds is 6. The van der Waals surface area contributed by atoms with E-state index in [1.165, 1.54) is 0 Å². The van der Waals surface area contributed by atoms with Crippen LogP contribution in [0.15, 0.2) is 17.0 Å². The number of aryl methyl sites for hydroxylation is 3. The fourth-order valence-corrected chi connectivity index (χ4v) is 4.38. The summed E-state index contributed by atoms with van der Waals surface area (Å²) in [5, 5.41) is 0. The fourth-order valence-electron chi connectivity index (χ4n) is 2.49. The summed E-state index contributed by atoms with van der Waals surface area (Å²) in [4.78, 5) is 0.482. The highest BCUT2D eigenvalue weighted by Crippen LogP contribution is 2.25. The number of nitrogens with zero attached hydrogens (tertiary/aromatic N) is 1. The van der Waals surface area contributed by atoms with E-state index in [1.807, 2.05) is 39.8 Å². The summed E-state index contributed by atoms with van der Waals surface area (Å²) in [6, 6.07) is 3.88. The molecule has 1 aromatic rings. The zero-order chi connectivity index (χ0) is 14.6. The Morgan fingerprint density at radius 1 is 1.05 bits per heavy atom. The van der Waals surface area contributed by atoms with Crippen LogP contribution in [0.5, 0.6) is 0 Å². The number of hydrogen-bond acceptors (Lipinski definition) is 2. The molecule has 0 atom stereocenters. The monoisotopic (exact) mass is 283 g/mol. The molecule has 0 aliphatic heterocycles. The topological polar surface area (TPSA) is 37.4 Å². The first-order chi connectivity index (χ1) is 8.84. The molecule has 0 bridgehead atoms. The van der Waals surface area contributed by atoms with Crippen molar-refractivity contribution in [3.63, 3.8) is 0 Å². The molecular weight excluding hydrogens is 258 g/mol. The second-order valence-corrected chi connectivity index (χ2v) is 6.95. The molecule has 0 heterocycles. The minimum Gasteiger partial charge on any atom is -0.207 e. The van der Waals surface area contributed by atoms with E-state index in [2.05, 4.69) is 6.92 Å². The second kappa shape index (κ2) is 6.53. The summed E-state index contributed by atoms with van der Waals surface area (Å²) in [7, 11) is -3.37. The first-order valence-electron chi connectivity index (χ1n) is 6.92. The van der Waals surface area contributed by atoms with E-state index in [-0.39, 0.29) is 0 Å². The van der Waals surface area contributed by atoms with E-state index >= 15 is 0 Å². The normalized spacial score (nSPS) is 12.1. The molecular formula is C15H25NO2S. The highest BCUT2D eigenvalue weighted by Gasteiger charge is 2.26. The molecule has 0 unspecified atom stereocenters. The third-order valence-electron chi connectivity index (χ3n) is 3.32. The summed E-state index contributed by atoms with van der Waals surface area (Å²) in [6.45, 7) is 10.8. The summed E-state index contributed by atoms with van der Waals surface area (Å²) >= 11 is 0. The maximum absolute atomic E-state index is 12.7. The first-order valence-corrected chi connectivity index (χ1v) is 8.36. The van der Waals surface area contributed by atoms with Gasteiger partial charge in [-0.25, -0.2) is 8.42 Å². The number of sulfonamides is 1. The molecule has 1 rings (SSSR count). The van der Waals surface area contributed by atoms with Crippen molar-refractivity contribution < 1.29 is 8.42 Å². The third-order valence-corrected chi connectivity index (χ3v) is 5.60. The van der Waals surface area contributed by atoms with Crippen LogP contribution >= 0.6 is 0 Å². The fraction of sp³-hybridized carbons (Fsp3) is 0.600. The van der Waals surface area contributed by atoms with Gasteiger partial charge >= 0.3 is 0 Å². The van der Waals surface area contributed by atoms with E-state index in [1.54, 1.807) is 4.31 Å². The average molecular weight is 283 g/mol. The van der Waals surface area contributed by atoms with Crippen molar-refractivity contribution in [2.24, 2.45) is 0 Å². The third kappa shape index (κ3) is 3.57. The van der Waals surface area contributed by atoms with Crippen LogP contribution in [0.3, 0.4) is 0 Å². The van der Waals surface area contributed by atoms with Gasteiger partial charge in [-0.15, -0.1) is 0 Å². The second-order valence-electron chi connectivity index (χ2n) is 5.08. The Labute approximate surface area is 117 Å². The maximum Gasteiger partial charge on any atom is 0.243 e. The molecule has 0 aliphatic rings. The Morgan fingerprint density at radius 2 is 1.58 bits per heavy atom. The molecule has 19 heavy (non-hydrogen) atoms. The zero-order valence-corrected chi connectivity index (χ0v) is 13.5. The van der Waals surface area contributed by atoms with E-state index < -0.39 is 10.0 Å². The van der Waals surface area contributed by atoms with Gasteiger partial charge in [0.15, 0.2) is 0 Å². The summed E-state index contributed by atoms with van der Waals surface area (Å²) < 4.78 is 27.1. The van der Waals surface area contributed by atoms with Gasteiger partial charge in [0.05, 0.1) is 4.90 Å². The van der Waals surface area contributed by atoms with Gasteiger partial charge in [0.25, 0.3) is 0 Å². The number of benzene rings is 1. The predicted molar refractivity (Wildman–Crippen MR) is 80.0 cm³/mol. The van der Waals surface area contributed by atoms with E-state index in [0.29, 0.717) is 18.0 Å². The molecule has 0 radical (unpaired) electrons. The summed E-state index contributed by atoms with van der Waals surface area (Å²) in [5.74, 6) is 0. The van der Waals surface area contributed by atoms with Crippen LogP contribution in [-0.4, -0.2) is 25.8 Å². The molecule has 0 fully saturated rings. The van der Waals surface area contributed by atoms with E-state index in [9.17, 15) is 8.42 Å². The lowest BCUT2D eigenvalue weighted by Crippen LogP contribution is -2.32. The molecule has 0 saturated heterocycles. The van der Waals surface area contributed by atoms with Gasteiger partial charge in [-0.1, -0.05) is 38.0 Å².